The SMILES string of the molecule is CC(=O)N1CCC(C(=O)NCc2cccc(OCC(F)F)c2)CC1. The molecule has 1 saturated heterocycles. The number of rotatable bonds is 6. The number of nitrogens with one attached hydrogen (secondary N) is 1. The molecule has 1 N–H and O–H groups in total. The second kappa shape index (κ2) is 8.61. The van der Waals surface area contributed by atoms with Gasteiger partial charge in [0.1, 0.15) is 12.4 Å². The highest BCUT2D eigenvalue weighted by atomic mass is 19.3. The predicted molar refractivity (Wildman–Crippen MR) is 84.8 cm³/mol. The molecule has 132 valence electrons. The van der Waals surface area contributed by atoms with E-state index in [-0.39, 0.29) is 17.7 Å². The fourth-order valence-corrected chi connectivity index (χ4v) is 2.69. The van der Waals surface area contributed by atoms with Crippen molar-refractivity contribution in [2.24, 2.45) is 5.92 Å². The maximum absolute atomic E-state index is 12.2. The minimum Gasteiger partial charge on any atom is -0.488 e. The molecule has 24 heavy (non-hydrogen) atoms. The van der Waals surface area contributed by atoms with Crippen molar-refractivity contribution in [2.45, 2.75) is 32.7 Å². The van der Waals surface area contributed by atoms with Gasteiger partial charge in [0.2, 0.25) is 11.8 Å². The van der Waals surface area contributed by atoms with E-state index in [4.69, 9.17) is 4.74 Å². The van der Waals surface area contributed by atoms with Gasteiger partial charge in [-0.15, -0.1) is 0 Å². The Bertz CT molecular complexity index is 573. The van der Waals surface area contributed by atoms with Gasteiger partial charge in [-0.1, -0.05) is 12.1 Å². The van der Waals surface area contributed by atoms with Gasteiger partial charge in [-0.05, 0) is 30.5 Å². The first kappa shape index (κ1) is 18.2. The number of alkyl halides is 2. The summed E-state index contributed by atoms with van der Waals surface area (Å²) in [6.45, 7) is 2.40. The number of nitrogens with zero attached hydrogens (tertiary/aromatic N) is 1. The molecule has 5 nitrogen and oxygen atoms in total. The van der Waals surface area contributed by atoms with E-state index in [1.165, 1.54) is 6.92 Å². The number of benzene rings is 1. The molecule has 0 bridgehead atoms. The van der Waals surface area contributed by atoms with Gasteiger partial charge in [0.15, 0.2) is 0 Å². The normalized spacial score (nSPS) is 15.4. The summed E-state index contributed by atoms with van der Waals surface area (Å²) in [6.07, 6.45) is -1.21. The maximum atomic E-state index is 12.2. The molecule has 0 aliphatic carbocycles. The summed E-state index contributed by atoms with van der Waals surface area (Å²) < 4.78 is 29.3. The topological polar surface area (TPSA) is 58.6 Å². The summed E-state index contributed by atoms with van der Waals surface area (Å²) in [5, 5.41) is 2.86. The molecule has 0 saturated carbocycles. The molecule has 2 amide bonds. The summed E-state index contributed by atoms with van der Waals surface area (Å²) in [7, 11) is 0. The van der Waals surface area contributed by atoms with Crippen LogP contribution in [-0.2, 0) is 16.1 Å². The Morgan fingerprint density at radius 3 is 2.67 bits per heavy atom. The zero-order valence-corrected chi connectivity index (χ0v) is 13.6. The lowest BCUT2D eigenvalue weighted by Crippen LogP contribution is -2.42. The van der Waals surface area contributed by atoms with E-state index < -0.39 is 13.0 Å². The Morgan fingerprint density at radius 1 is 1.33 bits per heavy atom. The van der Waals surface area contributed by atoms with Crippen molar-refractivity contribution in [2.75, 3.05) is 19.7 Å². The van der Waals surface area contributed by atoms with E-state index in [0.717, 1.165) is 5.56 Å². The molecule has 0 unspecified atom stereocenters. The van der Waals surface area contributed by atoms with Gasteiger partial charge in [-0.3, -0.25) is 9.59 Å². The maximum Gasteiger partial charge on any atom is 0.272 e. The molecule has 0 aromatic heterocycles. The fraction of sp³-hybridized carbons (Fsp3) is 0.529. The van der Waals surface area contributed by atoms with Crippen molar-refractivity contribution in [1.82, 2.24) is 10.2 Å². The first-order valence-electron chi connectivity index (χ1n) is 7.99. The lowest BCUT2D eigenvalue weighted by molar-refractivity contribution is -0.134. The lowest BCUT2D eigenvalue weighted by Gasteiger charge is -2.30. The highest BCUT2D eigenvalue weighted by Gasteiger charge is 2.25. The van der Waals surface area contributed by atoms with Gasteiger partial charge in [-0.25, -0.2) is 8.78 Å². The second-order valence-electron chi connectivity index (χ2n) is 5.85. The number of carbonyl (C=O) groups excluding carboxylic acids is 2. The summed E-state index contributed by atoms with van der Waals surface area (Å²) in [4.78, 5) is 25.2. The van der Waals surface area contributed by atoms with Gasteiger partial charge in [0, 0.05) is 32.5 Å². The summed E-state index contributed by atoms with van der Waals surface area (Å²) >= 11 is 0. The van der Waals surface area contributed by atoms with Crippen molar-refractivity contribution < 1.29 is 23.1 Å². The van der Waals surface area contributed by atoms with Crippen LogP contribution in [0.4, 0.5) is 8.78 Å². The number of carbonyl (C=O) groups is 2. The Labute approximate surface area is 140 Å². The van der Waals surface area contributed by atoms with E-state index in [1.54, 1.807) is 29.2 Å². The molecule has 1 fully saturated rings. The lowest BCUT2D eigenvalue weighted by atomic mass is 9.96. The molecule has 1 heterocycles. The van der Waals surface area contributed by atoms with Crippen LogP contribution in [0.3, 0.4) is 0 Å². The van der Waals surface area contributed by atoms with Crippen molar-refractivity contribution in [3.05, 3.63) is 29.8 Å². The van der Waals surface area contributed by atoms with Gasteiger partial charge < -0.3 is 15.0 Å². The quantitative estimate of drug-likeness (QED) is 0.864. The molecule has 1 aromatic carbocycles. The Kier molecular flexibility index (Phi) is 6.52. The van der Waals surface area contributed by atoms with Gasteiger partial charge in [0.25, 0.3) is 6.43 Å². The van der Waals surface area contributed by atoms with Gasteiger partial charge in [-0.2, -0.15) is 0 Å². The zero-order valence-electron chi connectivity index (χ0n) is 13.6. The van der Waals surface area contributed by atoms with Crippen molar-refractivity contribution >= 4 is 11.8 Å². The third kappa shape index (κ3) is 5.47. The van der Waals surface area contributed by atoms with Crippen LogP contribution in [-0.4, -0.2) is 42.8 Å². The highest BCUT2D eigenvalue weighted by molar-refractivity contribution is 5.79. The smallest absolute Gasteiger partial charge is 0.272 e. The Morgan fingerprint density at radius 2 is 2.04 bits per heavy atom. The molecular formula is C17H22F2N2O3. The van der Waals surface area contributed by atoms with Crippen molar-refractivity contribution in [3.63, 3.8) is 0 Å². The minimum atomic E-state index is -2.52. The molecule has 0 spiro atoms. The van der Waals surface area contributed by atoms with Crippen LogP contribution in [0.2, 0.25) is 0 Å². The van der Waals surface area contributed by atoms with Crippen LogP contribution in [0, 0.1) is 5.92 Å². The average Bonchev–Trinajstić information content (AvgIpc) is 2.58. The van der Waals surface area contributed by atoms with Crippen LogP contribution >= 0.6 is 0 Å². The van der Waals surface area contributed by atoms with Gasteiger partial charge >= 0.3 is 0 Å². The first-order chi connectivity index (χ1) is 11.5. The monoisotopic (exact) mass is 340 g/mol. The molecule has 2 rings (SSSR count). The summed E-state index contributed by atoms with van der Waals surface area (Å²) in [6, 6.07) is 6.74. The molecule has 0 atom stereocenters. The van der Waals surface area contributed by atoms with Crippen LogP contribution in [0.15, 0.2) is 24.3 Å². The van der Waals surface area contributed by atoms with E-state index in [2.05, 4.69) is 5.32 Å². The molecule has 1 aromatic rings. The van der Waals surface area contributed by atoms with E-state index in [1.807, 2.05) is 0 Å². The number of halogens is 2. The third-order valence-corrected chi connectivity index (χ3v) is 4.05. The van der Waals surface area contributed by atoms with Crippen molar-refractivity contribution in [3.8, 4) is 5.75 Å². The first-order valence-corrected chi connectivity index (χ1v) is 7.99. The van der Waals surface area contributed by atoms with Crippen LogP contribution in [0.25, 0.3) is 0 Å². The summed E-state index contributed by atoms with van der Waals surface area (Å²) in [5.74, 6) is 0.252. The van der Waals surface area contributed by atoms with E-state index in [0.29, 0.717) is 38.2 Å². The number of piperidine rings is 1. The van der Waals surface area contributed by atoms with Crippen molar-refractivity contribution in [1.29, 1.82) is 0 Å². The molecule has 0 radical (unpaired) electrons. The standard InChI is InChI=1S/C17H22F2N2O3/c1-12(22)21-7-5-14(6-8-21)17(23)20-10-13-3-2-4-15(9-13)24-11-16(18)19/h2-4,9,14,16H,5-8,10-11H2,1H3,(H,20,23). The van der Waals surface area contributed by atoms with E-state index in [9.17, 15) is 18.4 Å². The van der Waals surface area contributed by atoms with Crippen LogP contribution in [0.5, 0.6) is 5.75 Å². The van der Waals surface area contributed by atoms with Crippen LogP contribution in [0.1, 0.15) is 25.3 Å². The second-order valence-corrected chi connectivity index (χ2v) is 5.85. The van der Waals surface area contributed by atoms with E-state index >= 15 is 0 Å². The molecule has 1 aliphatic rings. The number of hydrogen-bond donors (Lipinski definition) is 1. The van der Waals surface area contributed by atoms with Crippen LogP contribution < -0.4 is 10.1 Å². The zero-order chi connectivity index (χ0) is 17.5. The molecule has 7 heteroatoms. The average molecular weight is 340 g/mol. The number of ether oxygens (including phenoxy) is 1. The number of hydrogen-bond acceptors (Lipinski definition) is 3. The third-order valence-electron chi connectivity index (χ3n) is 4.05. The highest BCUT2D eigenvalue weighted by Crippen LogP contribution is 2.18. The largest absolute Gasteiger partial charge is 0.488 e. The number of amides is 2. The fourth-order valence-electron chi connectivity index (χ4n) is 2.69. The minimum absolute atomic E-state index is 0.0365. The predicted octanol–water partition coefficient (Wildman–Crippen LogP) is 2.21. The summed E-state index contributed by atoms with van der Waals surface area (Å²) in [5.41, 5.74) is 0.788. The Balaban J connectivity index is 1.79. The molecular weight excluding hydrogens is 318 g/mol. The number of likely N-dealkylation sites (tertiary alicyclic amines) is 1. The van der Waals surface area contributed by atoms with Gasteiger partial charge in [0.05, 0.1) is 0 Å². The molecule has 1 aliphatic heterocycles. The Hall–Kier alpha value is -2.18.